The van der Waals surface area contributed by atoms with E-state index in [9.17, 15) is 4.79 Å². The van der Waals surface area contributed by atoms with Crippen molar-refractivity contribution >= 4 is 11.5 Å². The third kappa shape index (κ3) is 1.47. The molecule has 13 heavy (non-hydrogen) atoms. The van der Waals surface area contributed by atoms with Gasteiger partial charge in [0.25, 0.3) is 0 Å². The maximum atomic E-state index is 10.5. The predicted molar refractivity (Wildman–Crippen MR) is 47.1 cm³/mol. The maximum Gasteiger partial charge on any atom is 0.328 e. The monoisotopic (exact) mass is 178 g/mol. The molecule has 4 heteroatoms. The number of aromatic nitrogens is 2. The van der Waals surface area contributed by atoms with Crippen LogP contribution in [0, 0.1) is 0 Å². The number of rotatable bonds is 1. The second kappa shape index (κ2) is 3.05. The Morgan fingerprint density at radius 3 is 3.23 bits per heavy atom. The van der Waals surface area contributed by atoms with E-state index in [0.717, 1.165) is 36.1 Å². The van der Waals surface area contributed by atoms with Gasteiger partial charge < -0.3 is 5.11 Å². The van der Waals surface area contributed by atoms with Gasteiger partial charge in [-0.25, -0.2) is 4.79 Å². The fourth-order valence-corrected chi connectivity index (χ4v) is 1.67. The third-order valence-electron chi connectivity index (χ3n) is 2.23. The standard InChI is InChI=1S/C9H10N2O2/c12-8(13)4-6-2-1-3-7-5-10-11-9(6)7/h4-5H,1-3H2,(H,10,11)(H,12,13). The Balaban J connectivity index is 2.40. The van der Waals surface area contributed by atoms with Crippen molar-refractivity contribution < 1.29 is 9.90 Å². The minimum absolute atomic E-state index is 0.821. The molecule has 0 amide bonds. The first-order valence-corrected chi connectivity index (χ1v) is 4.23. The number of aliphatic carboxylic acids is 1. The first-order valence-electron chi connectivity index (χ1n) is 4.23. The number of carbonyl (C=O) groups is 1. The van der Waals surface area contributed by atoms with Crippen LogP contribution in [0.1, 0.15) is 24.1 Å². The van der Waals surface area contributed by atoms with E-state index >= 15 is 0 Å². The molecule has 2 N–H and O–H groups in total. The lowest BCUT2D eigenvalue weighted by Crippen LogP contribution is -2.02. The summed E-state index contributed by atoms with van der Waals surface area (Å²) in [5, 5.41) is 15.4. The van der Waals surface area contributed by atoms with Gasteiger partial charge in [0.15, 0.2) is 0 Å². The van der Waals surface area contributed by atoms with Gasteiger partial charge in [-0.3, -0.25) is 5.10 Å². The lowest BCUT2D eigenvalue weighted by Gasteiger charge is -2.12. The summed E-state index contributed by atoms with van der Waals surface area (Å²) in [6.45, 7) is 0. The van der Waals surface area contributed by atoms with E-state index in [4.69, 9.17) is 5.11 Å². The van der Waals surface area contributed by atoms with E-state index in [2.05, 4.69) is 10.2 Å². The number of carboxylic acids is 1. The Morgan fingerprint density at radius 1 is 1.62 bits per heavy atom. The van der Waals surface area contributed by atoms with Crippen molar-refractivity contribution in [3.8, 4) is 0 Å². The molecule has 1 aromatic heterocycles. The molecule has 0 radical (unpaired) electrons. The Kier molecular flexibility index (Phi) is 1.88. The lowest BCUT2D eigenvalue weighted by atomic mass is 9.93. The number of carboxylic acid groups (broad SMARTS) is 1. The number of allylic oxidation sites excluding steroid dienone is 1. The normalized spacial score (nSPS) is 18.6. The zero-order valence-electron chi connectivity index (χ0n) is 7.08. The topological polar surface area (TPSA) is 66.0 Å². The van der Waals surface area contributed by atoms with E-state index in [-0.39, 0.29) is 0 Å². The largest absolute Gasteiger partial charge is 0.478 e. The molecule has 0 saturated carbocycles. The minimum Gasteiger partial charge on any atom is -0.478 e. The Morgan fingerprint density at radius 2 is 2.46 bits per heavy atom. The van der Waals surface area contributed by atoms with Crippen LogP contribution in [-0.4, -0.2) is 21.3 Å². The molecule has 68 valence electrons. The average molecular weight is 178 g/mol. The van der Waals surface area contributed by atoms with Crippen molar-refractivity contribution in [3.63, 3.8) is 0 Å². The smallest absolute Gasteiger partial charge is 0.328 e. The van der Waals surface area contributed by atoms with Crippen LogP contribution in [0.2, 0.25) is 0 Å². The molecule has 4 nitrogen and oxygen atoms in total. The fourth-order valence-electron chi connectivity index (χ4n) is 1.67. The van der Waals surface area contributed by atoms with Crippen molar-refractivity contribution in [2.45, 2.75) is 19.3 Å². The summed E-state index contributed by atoms with van der Waals surface area (Å²) in [6.07, 6.45) is 5.84. The zero-order valence-corrected chi connectivity index (χ0v) is 7.08. The molecule has 0 atom stereocenters. The molecule has 1 aromatic rings. The maximum absolute atomic E-state index is 10.5. The number of H-pyrrole nitrogens is 1. The summed E-state index contributed by atoms with van der Waals surface area (Å²) >= 11 is 0. The molecule has 1 aliphatic rings. The minimum atomic E-state index is -0.891. The SMILES string of the molecule is O=C(O)C=C1CCCc2cn[nH]c21. The van der Waals surface area contributed by atoms with Crippen LogP contribution in [0.25, 0.3) is 5.57 Å². The van der Waals surface area contributed by atoms with Crippen molar-refractivity contribution in [2.24, 2.45) is 0 Å². The van der Waals surface area contributed by atoms with Gasteiger partial charge in [-0.1, -0.05) is 0 Å². The number of nitrogens with zero attached hydrogens (tertiary/aromatic N) is 1. The molecule has 0 fully saturated rings. The molecule has 0 bridgehead atoms. The molecule has 1 heterocycles. The molecule has 0 aromatic carbocycles. The summed E-state index contributed by atoms with van der Waals surface area (Å²) in [5.74, 6) is -0.891. The summed E-state index contributed by atoms with van der Waals surface area (Å²) < 4.78 is 0. The molecule has 0 unspecified atom stereocenters. The van der Waals surface area contributed by atoms with E-state index in [1.807, 2.05) is 0 Å². The van der Waals surface area contributed by atoms with Crippen molar-refractivity contribution in [1.82, 2.24) is 10.2 Å². The summed E-state index contributed by atoms with van der Waals surface area (Å²) in [6, 6.07) is 0. The van der Waals surface area contributed by atoms with E-state index in [1.54, 1.807) is 6.20 Å². The van der Waals surface area contributed by atoms with Crippen molar-refractivity contribution in [1.29, 1.82) is 0 Å². The fraction of sp³-hybridized carbons (Fsp3) is 0.333. The second-order valence-corrected chi connectivity index (χ2v) is 3.13. The van der Waals surface area contributed by atoms with Crippen LogP contribution in [0.3, 0.4) is 0 Å². The Labute approximate surface area is 75.3 Å². The summed E-state index contributed by atoms with van der Waals surface area (Å²) in [4.78, 5) is 10.5. The van der Waals surface area contributed by atoms with Crippen molar-refractivity contribution in [3.05, 3.63) is 23.5 Å². The van der Waals surface area contributed by atoms with E-state index in [1.165, 1.54) is 6.08 Å². The quantitative estimate of drug-likeness (QED) is 0.635. The summed E-state index contributed by atoms with van der Waals surface area (Å²) in [7, 11) is 0. The Hall–Kier alpha value is -1.58. The van der Waals surface area contributed by atoms with Crippen LogP contribution in [-0.2, 0) is 11.2 Å². The van der Waals surface area contributed by atoms with Crippen LogP contribution in [0.4, 0.5) is 0 Å². The number of fused-ring (bicyclic) bond motifs is 1. The molecule has 2 rings (SSSR count). The number of hydrogen-bond donors (Lipinski definition) is 2. The zero-order chi connectivity index (χ0) is 9.26. The molecule has 1 aliphatic carbocycles. The van der Waals surface area contributed by atoms with Gasteiger partial charge in [-0.15, -0.1) is 0 Å². The van der Waals surface area contributed by atoms with Crippen LogP contribution in [0.5, 0.6) is 0 Å². The third-order valence-corrected chi connectivity index (χ3v) is 2.23. The van der Waals surface area contributed by atoms with Gasteiger partial charge in [0.05, 0.1) is 11.9 Å². The van der Waals surface area contributed by atoms with Gasteiger partial charge >= 0.3 is 5.97 Å². The first kappa shape index (κ1) is 8.04. The van der Waals surface area contributed by atoms with Crippen molar-refractivity contribution in [2.75, 3.05) is 0 Å². The number of hydrogen-bond acceptors (Lipinski definition) is 2. The van der Waals surface area contributed by atoms with Gasteiger partial charge in [-0.05, 0) is 30.4 Å². The molecular weight excluding hydrogens is 168 g/mol. The van der Waals surface area contributed by atoms with Gasteiger partial charge in [0.1, 0.15) is 0 Å². The van der Waals surface area contributed by atoms with E-state index in [0.29, 0.717) is 0 Å². The number of aromatic amines is 1. The summed E-state index contributed by atoms with van der Waals surface area (Å²) in [5.41, 5.74) is 2.87. The highest BCUT2D eigenvalue weighted by molar-refractivity contribution is 5.90. The average Bonchev–Trinajstić information content (AvgIpc) is 2.51. The number of nitrogens with one attached hydrogen (secondary N) is 1. The van der Waals surface area contributed by atoms with Crippen LogP contribution >= 0.6 is 0 Å². The van der Waals surface area contributed by atoms with Gasteiger partial charge in [-0.2, -0.15) is 5.10 Å². The second-order valence-electron chi connectivity index (χ2n) is 3.13. The number of aryl methyl sites for hydroxylation is 1. The molecular formula is C9H10N2O2. The molecule has 0 aliphatic heterocycles. The van der Waals surface area contributed by atoms with Gasteiger partial charge in [0.2, 0.25) is 0 Å². The highest BCUT2D eigenvalue weighted by Crippen LogP contribution is 2.28. The van der Waals surface area contributed by atoms with E-state index < -0.39 is 5.97 Å². The molecule has 0 spiro atoms. The van der Waals surface area contributed by atoms with Crippen LogP contribution in [0.15, 0.2) is 12.3 Å². The molecule has 0 saturated heterocycles. The highest BCUT2D eigenvalue weighted by Gasteiger charge is 2.16. The van der Waals surface area contributed by atoms with Gasteiger partial charge in [0, 0.05) is 6.08 Å². The predicted octanol–water partition coefficient (Wildman–Crippen LogP) is 1.21. The Bertz CT molecular complexity index is 365. The lowest BCUT2D eigenvalue weighted by molar-refractivity contribution is -0.131. The first-order chi connectivity index (χ1) is 6.27. The highest BCUT2D eigenvalue weighted by atomic mass is 16.4. The van der Waals surface area contributed by atoms with Crippen LogP contribution < -0.4 is 0 Å².